The van der Waals surface area contributed by atoms with Gasteiger partial charge in [0.25, 0.3) is 0 Å². The first-order valence-electron chi connectivity index (χ1n) is 12.1. The molecule has 0 amide bonds. The second-order valence-corrected chi connectivity index (χ2v) is 12.1. The number of esters is 1. The predicted molar refractivity (Wildman–Crippen MR) is 134 cm³/mol. The number of hydrogen-bond acceptors (Lipinski definition) is 6. The number of nitrogens with zero attached hydrogens (tertiary/aromatic N) is 4. The molecule has 3 heterocycles. The molecule has 0 unspecified atom stereocenters. The highest BCUT2D eigenvalue weighted by Crippen LogP contribution is 2.46. The molecule has 37 heavy (non-hydrogen) atoms. The summed E-state index contributed by atoms with van der Waals surface area (Å²) >= 11 is 5.85. The van der Waals surface area contributed by atoms with Crippen LogP contribution >= 0.6 is 11.6 Å². The number of pyridine rings is 1. The van der Waals surface area contributed by atoms with E-state index in [4.69, 9.17) is 16.3 Å². The van der Waals surface area contributed by atoms with Crippen LogP contribution in [-0.2, 0) is 26.0 Å². The van der Waals surface area contributed by atoms with Crippen LogP contribution in [0.25, 0.3) is 11.8 Å². The van der Waals surface area contributed by atoms with Crippen molar-refractivity contribution in [2.75, 3.05) is 19.7 Å². The van der Waals surface area contributed by atoms with Gasteiger partial charge in [0.2, 0.25) is 10.0 Å². The van der Waals surface area contributed by atoms with Crippen LogP contribution in [-0.4, -0.2) is 53.2 Å². The summed E-state index contributed by atoms with van der Waals surface area (Å²) in [5.74, 6) is -0.387. The number of ether oxygens (including phenoxy) is 1. The summed E-state index contributed by atoms with van der Waals surface area (Å²) < 4.78 is 49.3. The van der Waals surface area contributed by atoms with E-state index in [-0.39, 0.29) is 35.4 Å². The maximum absolute atomic E-state index is 13.7. The molecule has 0 spiro atoms. The molecule has 0 radical (unpaired) electrons. The van der Waals surface area contributed by atoms with Gasteiger partial charge in [-0.15, -0.1) is 0 Å². The Hall–Kier alpha value is -3.08. The van der Waals surface area contributed by atoms with Crippen LogP contribution in [0, 0.1) is 17.2 Å². The third kappa shape index (κ3) is 4.36. The quantitative estimate of drug-likeness (QED) is 0.345. The Balaban J connectivity index is 1.38. The molecular formula is C26H24ClFN4O4S. The Morgan fingerprint density at radius 3 is 2.65 bits per heavy atom. The molecule has 6 rings (SSSR count). The van der Waals surface area contributed by atoms with E-state index in [2.05, 4.69) is 10.1 Å². The first-order valence-corrected chi connectivity index (χ1v) is 13.9. The average Bonchev–Trinajstić information content (AvgIpc) is 3.64. The van der Waals surface area contributed by atoms with Crippen molar-refractivity contribution in [1.82, 2.24) is 19.1 Å². The van der Waals surface area contributed by atoms with Crippen molar-refractivity contribution in [3.05, 3.63) is 76.6 Å². The van der Waals surface area contributed by atoms with Crippen molar-refractivity contribution < 1.29 is 22.3 Å². The van der Waals surface area contributed by atoms with Gasteiger partial charge < -0.3 is 4.74 Å². The van der Waals surface area contributed by atoms with Crippen molar-refractivity contribution in [3.8, 4) is 5.69 Å². The molecule has 3 aliphatic rings. The van der Waals surface area contributed by atoms with Gasteiger partial charge in [-0.3, -0.25) is 4.79 Å². The topological polar surface area (TPSA) is 94.4 Å². The summed E-state index contributed by atoms with van der Waals surface area (Å²) in [6.45, 7) is 0.492. The molecule has 11 heteroatoms. The Morgan fingerprint density at radius 2 is 1.95 bits per heavy atom. The molecule has 192 valence electrons. The minimum atomic E-state index is -3.92. The predicted octanol–water partition coefficient (Wildman–Crippen LogP) is 4.03. The third-order valence-corrected chi connectivity index (χ3v) is 9.38. The lowest BCUT2D eigenvalue weighted by Gasteiger charge is -2.44. The minimum absolute atomic E-state index is 0.0199. The Labute approximate surface area is 218 Å². The summed E-state index contributed by atoms with van der Waals surface area (Å²) in [7, 11) is -3.92. The maximum atomic E-state index is 13.7. The molecule has 2 fully saturated rings. The summed E-state index contributed by atoms with van der Waals surface area (Å²) in [5, 5.41) is 4.69. The Bertz CT molecular complexity index is 1500. The van der Waals surface area contributed by atoms with Crippen LogP contribution < -0.4 is 0 Å². The highest BCUT2D eigenvalue weighted by Gasteiger charge is 2.52. The normalized spacial score (nSPS) is 21.6. The van der Waals surface area contributed by atoms with E-state index in [0.717, 1.165) is 29.7 Å². The standard InChI is InChI=1S/C26H24ClFN4O4S/c27-24-8-7-22(14-29-24)37(34,35)31-10-9-19-11-23-18(13-30-32(23)21-5-3-20(28)4-6-21)12-26(19,16-31)25(33)36-15-17-1-2-17/h3-8,11,13-14,17H,1-2,9-10,12,15-16H2/t26-/m0/s1. The smallest absolute Gasteiger partial charge is 0.317 e. The second-order valence-electron chi connectivity index (χ2n) is 9.82. The zero-order valence-electron chi connectivity index (χ0n) is 19.8. The highest BCUT2D eigenvalue weighted by molar-refractivity contribution is 7.89. The molecule has 1 atom stereocenters. The van der Waals surface area contributed by atoms with Gasteiger partial charge in [-0.05, 0) is 85.2 Å². The number of rotatable bonds is 6. The fourth-order valence-electron chi connectivity index (χ4n) is 5.06. The number of benzene rings is 1. The molecule has 8 nitrogen and oxygen atoms in total. The lowest BCUT2D eigenvalue weighted by Crippen LogP contribution is -2.53. The Morgan fingerprint density at radius 1 is 1.16 bits per heavy atom. The van der Waals surface area contributed by atoms with Crippen LogP contribution in [0.15, 0.2) is 59.3 Å². The van der Waals surface area contributed by atoms with Crippen LogP contribution in [0.5, 0.6) is 0 Å². The molecule has 1 saturated heterocycles. The van der Waals surface area contributed by atoms with Crippen LogP contribution in [0.2, 0.25) is 5.15 Å². The van der Waals surface area contributed by atoms with Gasteiger partial charge in [0.1, 0.15) is 21.3 Å². The molecule has 0 N–H and O–H groups in total. The van der Waals surface area contributed by atoms with Crippen molar-refractivity contribution in [1.29, 1.82) is 0 Å². The first kappa shape index (κ1) is 24.3. The number of hydrogen-bond donors (Lipinski definition) is 0. The zero-order valence-corrected chi connectivity index (χ0v) is 21.4. The van der Waals surface area contributed by atoms with E-state index in [1.54, 1.807) is 23.0 Å². The molecule has 1 saturated carbocycles. The van der Waals surface area contributed by atoms with E-state index in [9.17, 15) is 17.6 Å². The summed E-state index contributed by atoms with van der Waals surface area (Å²) in [6.07, 6.45) is 7.49. The third-order valence-electron chi connectivity index (χ3n) is 7.33. The van der Waals surface area contributed by atoms with E-state index >= 15 is 0 Å². The summed E-state index contributed by atoms with van der Waals surface area (Å²) in [6, 6.07) is 8.87. The van der Waals surface area contributed by atoms with Gasteiger partial charge in [-0.2, -0.15) is 9.40 Å². The van der Waals surface area contributed by atoms with Gasteiger partial charge in [0.05, 0.1) is 24.2 Å². The van der Waals surface area contributed by atoms with E-state index in [1.165, 1.54) is 34.8 Å². The number of piperidine rings is 1. The van der Waals surface area contributed by atoms with Crippen molar-refractivity contribution in [2.45, 2.75) is 30.6 Å². The van der Waals surface area contributed by atoms with Gasteiger partial charge in [-0.25, -0.2) is 22.5 Å². The van der Waals surface area contributed by atoms with Crippen molar-refractivity contribution >= 4 is 33.7 Å². The van der Waals surface area contributed by atoms with Crippen LogP contribution in [0.1, 0.15) is 30.5 Å². The first-order chi connectivity index (χ1) is 17.8. The fourth-order valence-corrected chi connectivity index (χ4v) is 6.62. The number of carbonyl (C=O) groups excluding carboxylic acids is 1. The van der Waals surface area contributed by atoms with E-state index < -0.39 is 21.4 Å². The number of fused-ring (bicyclic) bond motifs is 2. The monoisotopic (exact) mass is 542 g/mol. The van der Waals surface area contributed by atoms with Crippen LogP contribution in [0.3, 0.4) is 0 Å². The lowest BCUT2D eigenvalue weighted by atomic mass is 9.69. The van der Waals surface area contributed by atoms with E-state index in [0.29, 0.717) is 24.6 Å². The fraction of sp³-hybridized carbons (Fsp3) is 0.346. The molecule has 1 aromatic carbocycles. The van der Waals surface area contributed by atoms with Gasteiger partial charge >= 0.3 is 5.97 Å². The molecule has 0 bridgehead atoms. The highest BCUT2D eigenvalue weighted by atomic mass is 35.5. The zero-order chi connectivity index (χ0) is 25.8. The SMILES string of the molecule is O=C(OCC1CC1)[C@]12Cc3cnn(-c4ccc(F)cc4)c3C=C1CCN(S(=O)(=O)c1ccc(Cl)nc1)C2. The van der Waals surface area contributed by atoms with Gasteiger partial charge in [0.15, 0.2) is 0 Å². The molecule has 1 aliphatic heterocycles. The second kappa shape index (κ2) is 9.04. The number of aromatic nitrogens is 3. The van der Waals surface area contributed by atoms with Crippen molar-refractivity contribution in [2.24, 2.45) is 11.3 Å². The number of carbonyl (C=O) groups is 1. The molecule has 3 aromatic rings. The summed E-state index contributed by atoms with van der Waals surface area (Å²) in [4.78, 5) is 17.6. The molecule has 2 aliphatic carbocycles. The molecular weight excluding hydrogens is 519 g/mol. The Kier molecular flexibility index (Phi) is 5.93. The van der Waals surface area contributed by atoms with Gasteiger partial charge in [-0.1, -0.05) is 11.6 Å². The van der Waals surface area contributed by atoms with Crippen LogP contribution in [0.4, 0.5) is 4.39 Å². The lowest BCUT2D eigenvalue weighted by molar-refractivity contribution is -0.155. The maximum Gasteiger partial charge on any atom is 0.317 e. The summed E-state index contributed by atoms with van der Waals surface area (Å²) in [5.41, 5.74) is 1.93. The largest absolute Gasteiger partial charge is 0.465 e. The van der Waals surface area contributed by atoms with Gasteiger partial charge in [0, 0.05) is 19.3 Å². The molecule has 2 aromatic heterocycles. The number of halogens is 2. The van der Waals surface area contributed by atoms with E-state index in [1.807, 2.05) is 6.08 Å². The minimum Gasteiger partial charge on any atom is -0.465 e. The average molecular weight is 543 g/mol. The van der Waals surface area contributed by atoms with Crippen molar-refractivity contribution in [3.63, 3.8) is 0 Å². The number of sulfonamides is 1.